The van der Waals surface area contributed by atoms with E-state index in [1.165, 1.54) is 21.9 Å². The fraction of sp³-hybridized carbons (Fsp3) is 0. The number of rotatable bonds is 1. The topological polar surface area (TPSA) is 0 Å². The summed E-state index contributed by atoms with van der Waals surface area (Å²) in [6.45, 7) is 0. The van der Waals surface area contributed by atoms with E-state index < -0.39 is 0 Å². The molecule has 0 spiro atoms. The van der Waals surface area contributed by atoms with Crippen molar-refractivity contribution in [3.63, 3.8) is 0 Å². The molecule has 0 atom stereocenters. The third kappa shape index (κ3) is 3.28. The molecule has 0 saturated carbocycles. The van der Waals surface area contributed by atoms with Gasteiger partial charge in [0.15, 0.2) is 0 Å². The Kier molecular flexibility index (Phi) is 7.61. The van der Waals surface area contributed by atoms with Crippen LogP contribution in [-0.4, -0.2) is 0 Å². The smallest absolute Gasteiger partial charge is 0 e. The number of fused-ring (bicyclic) bond motifs is 1. The molecule has 3 aromatic carbocycles. The summed E-state index contributed by atoms with van der Waals surface area (Å²) in [7, 11) is 0. The van der Waals surface area contributed by atoms with Crippen molar-refractivity contribution in [2.45, 2.75) is 0 Å². The largest absolute Gasteiger partial charge is 0.168 e. The molecule has 0 radical (unpaired) electrons. The molecule has 3 rings (SSSR count). The minimum atomic E-state index is 0. The normalized spacial score (nSPS) is 8.89. The van der Waals surface area contributed by atoms with Crippen LogP contribution in [0.25, 0.3) is 21.9 Å². The quantitative estimate of drug-likeness (QED) is 0.365. The fourth-order valence-electron chi connectivity index (χ4n) is 2.03. The maximum absolute atomic E-state index is 2.18. The van der Waals surface area contributed by atoms with Gasteiger partial charge in [0.05, 0.1) is 0 Å². The molecule has 3 aromatic rings. The van der Waals surface area contributed by atoms with Crippen molar-refractivity contribution < 1.29 is 25.8 Å². The average Bonchev–Trinajstić information content (AvgIpc) is 2.78. The molecule has 0 unspecified atom stereocenters. The fourth-order valence-corrected chi connectivity index (χ4v) is 2.03. The van der Waals surface area contributed by atoms with Gasteiger partial charge in [0.2, 0.25) is 0 Å². The summed E-state index contributed by atoms with van der Waals surface area (Å²) >= 11 is 0. The summed E-state index contributed by atoms with van der Waals surface area (Å²) in [5.74, 6) is 0. The van der Waals surface area contributed by atoms with Crippen LogP contribution in [0, 0.1) is 0 Å². The summed E-state index contributed by atoms with van der Waals surface area (Å²) < 4.78 is 0. The van der Waals surface area contributed by atoms with Gasteiger partial charge in [-0.15, -0.1) is 53.8 Å². The number of hydrogen-bond donors (Lipinski definition) is 0. The molecule has 3 heteroatoms. The van der Waals surface area contributed by atoms with E-state index in [0.717, 1.165) is 0 Å². The van der Waals surface area contributed by atoms with Crippen molar-refractivity contribution in [2.24, 2.45) is 0 Å². The third-order valence-electron chi connectivity index (χ3n) is 2.76. The van der Waals surface area contributed by atoms with Crippen molar-refractivity contribution in [3.8, 4) is 11.1 Å². The second-order valence-corrected chi connectivity index (χ2v) is 3.70. The Morgan fingerprint density at radius 3 is 2.17 bits per heavy atom. The van der Waals surface area contributed by atoms with Gasteiger partial charge in [-0.05, 0) is 5.56 Å². The molecule has 0 nitrogen and oxygen atoms in total. The van der Waals surface area contributed by atoms with E-state index in [1.807, 2.05) is 0 Å². The second-order valence-electron chi connectivity index (χ2n) is 3.70. The Morgan fingerprint density at radius 2 is 1.44 bits per heavy atom. The van der Waals surface area contributed by atoms with E-state index in [0.29, 0.717) is 0 Å². The molecular weight excluding hydrogens is 430 g/mol. The summed E-state index contributed by atoms with van der Waals surface area (Å²) in [5.41, 5.74) is 2.60. The van der Waals surface area contributed by atoms with Crippen molar-refractivity contribution in [1.82, 2.24) is 0 Å². The van der Waals surface area contributed by atoms with Crippen LogP contribution in [0.15, 0.2) is 66.7 Å². The molecule has 92 valence electrons. The molecule has 0 N–H and O–H groups in total. The van der Waals surface area contributed by atoms with Crippen LogP contribution in [0.1, 0.15) is 0 Å². The predicted molar refractivity (Wildman–Crippen MR) is 79.5 cm³/mol. The molecule has 0 heterocycles. The first kappa shape index (κ1) is 17.5. The summed E-state index contributed by atoms with van der Waals surface area (Å²) in [6, 6.07) is 23.4. The zero-order valence-electron chi connectivity index (χ0n) is 9.67. The molecule has 0 fully saturated rings. The minimum absolute atomic E-state index is 0. The molecule has 0 aromatic heterocycles. The van der Waals surface area contributed by atoms with Gasteiger partial charge in [0.25, 0.3) is 0 Å². The Labute approximate surface area is 138 Å². The first-order chi connectivity index (χ1) is 7.45. The van der Waals surface area contributed by atoms with Crippen LogP contribution in [0.5, 0.6) is 0 Å². The van der Waals surface area contributed by atoms with Crippen molar-refractivity contribution >= 4 is 35.6 Å². The first-order valence-electron chi connectivity index (χ1n) is 5.15. The van der Waals surface area contributed by atoms with E-state index in [-0.39, 0.29) is 50.7 Å². The molecule has 0 aliphatic rings. The number of hydrogen-bond acceptors (Lipinski definition) is 0. The molecule has 0 aliphatic carbocycles. The van der Waals surface area contributed by atoms with Crippen molar-refractivity contribution in [1.29, 1.82) is 0 Å². The van der Waals surface area contributed by atoms with Crippen LogP contribution in [-0.2, 0) is 25.8 Å². The summed E-state index contributed by atoms with van der Waals surface area (Å²) in [4.78, 5) is 0. The first-order valence-corrected chi connectivity index (χ1v) is 5.15. The van der Waals surface area contributed by atoms with E-state index in [9.17, 15) is 0 Å². The van der Waals surface area contributed by atoms with Crippen LogP contribution < -0.4 is 0 Å². The Bertz CT molecular complexity index is 588. The van der Waals surface area contributed by atoms with Gasteiger partial charge in [-0.25, -0.2) is 0 Å². The maximum atomic E-state index is 2.18. The molecule has 18 heavy (non-hydrogen) atoms. The SMILES string of the molecule is Cl.Cl.[Hf].c1ccc(-c2cccc3[cH-]ccc23)cc1. The summed E-state index contributed by atoms with van der Waals surface area (Å²) in [6.07, 6.45) is 0. The molecule has 0 amide bonds. The van der Waals surface area contributed by atoms with E-state index in [1.54, 1.807) is 0 Å². The van der Waals surface area contributed by atoms with Gasteiger partial charge in [-0.1, -0.05) is 42.0 Å². The maximum Gasteiger partial charge on any atom is 0 e. The van der Waals surface area contributed by atoms with Gasteiger partial charge < -0.3 is 0 Å². The van der Waals surface area contributed by atoms with E-state index in [4.69, 9.17) is 0 Å². The molecule has 0 saturated heterocycles. The Morgan fingerprint density at radius 1 is 0.722 bits per heavy atom. The average molecular weight is 443 g/mol. The Hall–Kier alpha value is -0.500. The molecular formula is C15H13Cl2Hf-. The second kappa shape index (κ2) is 7.83. The third-order valence-corrected chi connectivity index (χ3v) is 2.76. The monoisotopic (exact) mass is 443 g/mol. The van der Waals surface area contributed by atoms with Crippen LogP contribution in [0.2, 0.25) is 0 Å². The zero-order chi connectivity index (χ0) is 10.1. The van der Waals surface area contributed by atoms with E-state index >= 15 is 0 Å². The number of benzene rings is 2. The zero-order valence-corrected chi connectivity index (χ0v) is 14.9. The molecule has 0 aliphatic heterocycles. The van der Waals surface area contributed by atoms with Gasteiger partial charge in [-0.2, -0.15) is 12.1 Å². The standard InChI is InChI=1S/C15H11.2ClH.Hf/c1-2-6-12(7-3-1)14-10-4-8-13-9-5-11-15(13)14;;;/h1-11H;2*1H;/q-1;;;. The predicted octanol–water partition coefficient (Wildman–Crippen LogP) is 5.07. The van der Waals surface area contributed by atoms with Gasteiger partial charge in [-0.3, -0.25) is 0 Å². The van der Waals surface area contributed by atoms with Crippen LogP contribution >= 0.6 is 24.8 Å². The number of halogens is 2. The Balaban J connectivity index is 0.000000963. The van der Waals surface area contributed by atoms with Crippen LogP contribution in [0.4, 0.5) is 0 Å². The van der Waals surface area contributed by atoms with Gasteiger partial charge >= 0.3 is 0 Å². The van der Waals surface area contributed by atoms with Crippen molar-refractivity contribution in [2.75, 3.05) is 0 Å². The summed E-state index contributed by atoms with van der Waals surface area (Å²) in [5, 5.41) is 2.65. The van der Waals surface area contributed by atoms with Crippen molar-refractivity contribution in [3.05, 3.63) is 66.7 Å². The molecule has 0 bridgehead atoms. The minimum Gasteiger partial charge on any atom is -0.168 e. The van der Waals surface area contributed by atoms with Crippen LogP contribution in [0.3, 0.4) is 0 Å². The van der Waals surface area contributed by atoms with E-state index in [2.05, 4.69) is 66.7 Å². The van der Waals surface area contributed by atoms with Gasteiger partial charge in [0, 0.05) is 25.8 Å². The van der Waals surface area contributed by atoms with Gasteiger partial charge in [0.1, 0.15) is 0 Å².